The van der Waals surface area contributed by atoms with Crippen LogP contribution in [0.1, 0.15) is 32.8 Å². The molecule has 3 nitrogen and oxygen atoms in total. The summed E-state index contributed by atoms with van der Waals surface area (Å²) in [5.41, 5.74) is 1.24. The molecule has 0 amide bonds. The monoisotopic (exact) mass is 375 g/mol. The molecule has 0 saturated heterocycles. The molecule has 0 spiro atoms. The van der Waals surface area contributed by atoms with Crippen molar-refractivity contribution in [2.24, 2.45) is 5.92 Å². The lowest BCUT2D eigenvalue weighted by Gasteiger charge is -2.19. The Morgan fingerprint density at radius 2 is 2.00 bits per heavy atom. The second-order valence-corrected chi connectivity index (χ2v) is 9.18. The van der Waals surface area contributed by atoms with Gasteiger partial charge in [0, 0.05) is 16.3 Å². The molecule has 0 radical (unpaired) electrons. The van der Waals surface area contributed by atoms with Crippen LogP contribution in [0.25, 0.3) is 0 Å². The molecule has 1 rings (SSSR count). The van der Waals surface area contributed by atoms with E-state index in [0.717, 1.165) is 17.4 Å². The summed E-state index contributed by atoms with van der Waals surface area (Å²) in [6.07, 6.45) is 1.61. The molecule has 0 fully saturated rings. The smallest absolute Gasteiger partial charge is 0.150 e. The van der Waals surface area contributed by atoms with Crippen LogP contribution in [0.2, 0.25) is 0 Å². The van der Waals surface area contributed by atoms with Crippen molar-refractivity contribution in [3.63, 3.8) is 0 Å². The molecule has 0 bridgehead atoms. The molecule has 0 aromatic heterocycles. The molecular formula is C16H26BrNO2S. The number of hydrogen-bond donors (Lipinski definition) is 1. The Balaban J connectivity index is 2.67. The fourth-order valence-electron chi connectivity index (χ4n) is 2.17. The van der Waals surface area contributed by atoms with Crippen LogP contribution in [0.3, 0.4) is 0 Å². The summed E-state index contributed by atoms with van der Waals surface area (Å²) in [6, 6.07) is 8.65. The summed E-state index contributed by atoms with van der Waals surface area (Å²) < 4.78 is 24.5. The van der Waals surface area contributed by atoms with Gasteiger partial charge in [-0.2, -0.15) is 0 Å². The van der Waals surface area contributed by atoms with Crippen molar-refractivity contribution in [1.82, 2.24) is 5.32 Å². The summed E-state index contributed by atoms with van der Waals surface area (Å²) >= 11 is 3.48. The van der Waals surface area contributed by atoms with Crippen molar-refractivity contribution >= 4 is 25.8 Å². The van der Waals surface area contributed by atoms with Crippen molar-refractivity contribution in [2.75, 3.05) is 18.1 Å². The van der Waals surface area contributed by atoms with E-state index in [4.69, 9.17) is 0 Å². The van der Waals surface area contributed by atoms with Gasteiger partial charge in [-0.15, -0.1) is 0 Å². The first-order chi connectivity index (χ1) is 9.82. The lowest BCUT2D eigenvalue weighted by Crippen LogP contribution is -2.31. The predicted octanol–water partition coefficient (Wildman–Crippen LogP) is 3.43. The highest BCUT2D eigenvalue weighted by Crippen LogP contribution is 2.17. The maximum atomic E-state index is 11.7. The molecule has 1 aromatic rings. The van der Waals surface area contributed by atoms with Gasteiger partial charge in [-0.1, -0.05) is 48.8 Å². The first kappa shape index (κ1) is 18.7. The summed E-state index contributed by atoms with van der Waals surface area (Å²) in [7, 11) is -2.89. The highest BCUT2D eigenvalue weighted by atomic mass is 79.9. The lowest BCUT2D eigenvalue weighted by molar-refractivity contribution is 0.435. The van der Waals surface area contributed by atoms with E-state index in [-0.39, 0.29) is 11.5 Å². The van der Waals surface area contributed by atoms with Gasteiger partial charge in [0.15, 0.2) is 0 Å². The maximum absolute atomic E-state index is 11.7. The Bertz CT molecular complexity index is 529. The van der Waals surface area contributed by atoms with E-state index >= 15 is 0 Å². The molecule has 0 saturated carbocycles. The predicted molar refractivity (Wildman–Crippen MR) is 93.4 cm³/mol. The van der Waals surface area contributed by atoms with Crippen LogP contribution in [0.4, 0.5) is 0 Å². The molecule has 120 valence electrons. The van der Waals surface area contributed by atoms with Crippen LogP contribution in [0.5, 0.6) is 0 Å². The van der Waals surface area contributed by atoms with Gasteiger partial charge in [-0.05, 0) is 43.0 Å². The number of hydrogen-bond acceptors (Lipinski definition) is 3. The Kier molecular flexibility index (Phi) is 7.92. The number of benzene rings is 1. The molecule has 1 N–H and O–H groups in total. The standard InChI is InChI=1S/C16H26BrNO2S/c1-4-21(19,20)9-8-15(12-18-13(2)3)10-14-6-5-7-16(17)11-14/h5-7,11,13,15,18H,4,8-10,12H2,1-3H3. The SMILES string of the molecule is CCS(=O)(=O)CCC(CNC(C)C)Cc1cccc(Br)c1. The van der Waals surface area contributed by atoms with Crippen molar-refractivity contribution in [3.8, 4) is 0 Å². The van der Waals surface area contributed by atoms with Gasteiger partial charge in [-0.3, -0.25) is 0 Å². The van der Waals surface area contributed by atoms with Gasteiger partial charge in [0.1, 0.15) is 9.84 Å². The quantitative estimate of drug-likeness (QED) is 0.718. The molecule has 0 aliphatic rings. The fourth-order valence-corrected chi connectivity index (χ4v) is 3.59. The van der Waals surface area contributed by atoms with Crippen LogP contribution >= 0.6 is 15.9 Å². The first-order valence-corrected chi connectivity index (χ1v) is 10.1. The van der Waals surface area contributed by atoms with Crippen molar-refractivity contribution in [3.05, 3.63) is 34.3 Å². The zero-order valence-corrected chi connectivity index (χ0v) is 15.5. The fraction of sp³-hybridized carbons (Fsp3) is 0.625. The zero-order valence-electron chi connectivity index (χ0n) is 13.1. The van der Waals surface area contributed by atoms with Crippen LogP contribution in [0, 0.1) is 5.92 Å². The Morgan fingerprint density at radius 3 is 2.57 bits per heavy atom. The third kappa shape index (κ3) is 7.98. The van der Waals surface area contributed by atoms with Gasteiger partial charge in [0.05, 0.1) is 5.75 Å². The Hall–Kier alpha value is -0.390. The van der Waals surface area contributed by atoms with Gasteiger partial charge in [0.2, 0.25) is 0 Å². The van der Waals surface area contributed by atoms with Crippen molar-refractivity contribution in [2.45, 2.75) is 39.7 Å². The second-order valence-electron chi connectivity index (χ2n) is 5.79. The third-order valence-corrected chi connectivity index (χ3v) is 5.74. The van der Waals surface area contributed by atoms with Gasteiger partial charge in [-0.25, -0.2) is 8.42 Å². The van der Waals surface area contributed by atoms with Crippen LogP contribution in [-0.2, 0) is 16.3 Å². The van der Waals surface area contributed by atoms with Crippen molar-refractivity contribution < 1.29 is 8.42 Å². The summed E-state index contributed by atoms with van der Waals surface area (Å²) in [4.78, 5) is 0. The normalized spacial score (nSPS) is 13.6. The van der Waals surface area contributed by atoms with Crippen LogP contribution in [-0.4, -0.2) is 32.5 Å². The minimum Gasteiger partial charge on any atom is -0.314 e. The number of sulfone groups is 1. The Morgan fingerprint density at radius 1 is 1.29 bits per heavy atom. The summed E-state index contributed by atoms with van der Waals surface area (Å²) in [5.74, 6) is 0.846. The maximum Gasteiger partial charge on any atom is 0.150 e. The second kappa shape index (κ2) is 8.91. The van der Waals surface area contributed by atoms with Crippen LogP contribution < -0.4 is 5.32 Å². The molecule has 0 aliphatic heterocycles. The average molecular weight is 376 g/mol. The molecule has 5 heteroatoms. The van der Waals surface area contributed by atoms with E-state index < -0.39 is 9.84 Å². The van der Waals surface area contributed by atoms with Gasteiger partial charge in [0.25, 0.3) is 0 Å². The van der Waals surface area contributed by atoms with Crippen molar-refractivity contribution in [1.29, 1.82) is 0 Å². The molecule has 21 heavy (non-hydrogen) atoms. The largest absolute Gasteiger partial charge is 0.314 e. The van der Waals surface area contributed by atoms with Gasteiger partial charge < -0.3 is 5.32 Å². The molecule has 1 unspecified atom stereocenters. The van der Waals surface area contributed by atoms with E-state index in [2.05, 4.69) is 47.2 Å². The van der Waals surface area contributed by atoms with Gasteiger partial charge >= 0.3 is 0 Å². The highest BCUT2D eigenvalue weighted by Gasteiger charge is 2.15. The van der Waals surface area contributed by atoms with Crippen LogP contribution in [0.15, 0.2) is 28.7 Å². The van der Waals surface area contributed by atoms with E-state index in [1.807, 2.05) is 12.1 Å². The molecule has 0 heterocycles. The summed E-state index contributed by atoms with van der Waals surface area (Å²) in [5, 5.41) is 3.43. The molecule has 0 aliphatic carbocycles. The van der Waals surface area contributed by atoms with E-state index in [1.54, 1.807) is 6.92 Å². The minimum absolute atomic E-state index is 0.230. The topological polar surface area (TPSA) is 46.2 Å². The minimum atomic E-state index is -2.89. The molecule has 1 aromatic carbocycles. The Labute approximate surface area is 137 Å². The number of nitrogens with one attached hydrogen (secondary N) is 1. The highest BCUT2D eigenvalue weighted by molar-refractivity contribution is 9.10. The molecular weight excluding hydrogens is 350 g/mol. The average Bonchev–Trinajstić information content (AvgIpc) is 2.42. The third-order valence-electron chi connectivity index (χ3n) is 3.51. The van der Waals surface area contributed by atoms with E-state index in [1.165, 1.54) is 5.56 Å². The van der Waals surface area contributed by atoms with E-state index in [9.17, 15) is 8.42 Å². The summed E-state index contributed by atoms with van der Waals surface area (Å²) in [6.45, 7) is 6.78. The van der Waals surface area contributed by atoms with E-state index in [0.29, 0.717) is 18.4 Å². The number of rotatable bonds is 9. The number of halogens is 1. The molecule has 1 atom stereocenters. The zero-order chi connectivity index (χ0) is 15.9. The lowest BCUT2D eigenvalue weighted by atomic mass is 9.96. The first-order valence-electron chi connectivity index (χ1n) is 7.50.